The number of carbonyl (C=O) groups excluding carboxylic acids is 3. The Kier molecular flexibility index (Phi) is 10.2. The molecule has 8 nitrogen and oxygen atoms in total. The molecule has 0 aromatic heterocycles. The Morgan fingerprint density at radius 3 is 2.09 bits per heavy atom. The highest BCUT2D eigenvalue weighted by Crippen LogP contribution is 2.16. The van der Waals surface area contributed by atoms with Gasteiger partial charge in [-0.3, -0.25) is 4.79 Å². The Labute approximate surface area is 203 Å². The van der Waals surface area contributed by atoms with Gasteiger partial charge in [0, 0.05) is 19.5 Å². The number of esters is 1. The summed E-state index contributed by atoms with van der Waals surface area (Å²) in [6.07, 6.45) is 4.79. The molecule has 1 aromatic carbocycles. The lowest BCUT2D eigenvalue weighted by atomic mass is 10.0. The zero-order valence-corrected chi connectivity index (χ0v) is 21.2. The number of phenols is 1. The zero-order chi connectivity index (χ0) is 25.3. The summed E-state index contributed by atoms with van der Waals surface area (Å²) >= 11 is 0. The van der Waals surface area contributed by atoms with Crippen molar-refractivity contribution < 1.29 is 24.2 Å². The molecule has 1 aromatic rings. The van der Waals surface area contributed by atoms with Crippen molar-refractivity contribution in [1.29, 1.82) is 0 Å². The first-order chi connectivity index (χ1) is 15.9. The van der Waals surface area contributed by atoms with Crippen molar-refractivity contribution in [2.75, 3.05) is 13.1 Å². The first-order valence-corrected chi connectivity index (χ1v) is 12.3. The van der Waals surface area contributed by atoms with Gasteiger partial charge in [0.2, 0.25) is 5.91 Å². The van der Waals surface area contributed by atoms with Gasteiger partial charge >= 0.3 is 12.0 Å². The van der Waals surface area contributed by atoms with E-state index >= 15 is 0 Å². The predicted molar refractivity (Wildman–Crippen MR) is 131 cm³/mol. The third kappa shape index (κ3) is 9.61. The highest BCUT2D eigenvalue weighted by Gasteiger charge is 2.31. The van der Waals surface area contributed by atoms with Crippen molar-refractivity contribution in [3.63, 3.8) is 0 Å². The van der Waals surface area contributed by atoms with E-state index in [2.05, 4.69) is 10.6 Å². The fourth-order valence-corrected chi connectivity index (χ4v) is 3.92. The maximum atomic E-state index is 13.3. The van der Waals surface area contributed by atoms with Gasteiger partial charge in [0.05, 0.1) is 0 Å². The molecule has 190 valence electrons. The lowest BCUT2D eigenvalue weighted by molar-refractivity contribution is -0.158. The average Bonchev–Trinajstić information content (AvgIpc) is 3.02. The van der Waals surface area contributed by atoms with Crippen molar-refractivity contribution >= 4 is 17.9 Å². The van der Waals surface area contributed by atoms with Crippen molar-refractivity contribution in [2.45, 2.75) is 90.8 Å². The second-order valence-corrected chi connectivity index (χ2v) is 10.5. The number of nitrogens with one attached hydrogen (secondary N) is 2. The van der Waals surface area contributed by atoms with Gasteiger partial charge in [-0.05, 0) is 63.6 Å². The Morgan fingerprint density at radius 2 is 1.56 bits per heavy atom. The first kappa shape index (κ1) is 27.5. The minimum Gasteiger partial charge on any atom is -0.508 e. The Bertz CT molecular complexity index is 809. The number of phenolic OH excluding ortho intramolecular Hbond substituents is 1. The fourth-order valence-electron chi connectivity index (χ4n) is 3.92. The van der Waals surface area contributed by atoms with Crippen LogP contribution in [0, 0.1) is 5.92 Å². The van der Waals surface area contributed by atoms with Gasteiger partial charge in [-0.15, -0.1) is 0 Å². The maximum Gasteiger partial charge on any atom is 0.329 e. The number of hydrogen-bond acceptors (Lipinski definition) is 5. The molecule has 3 N–H and O–H groups in total. The SMILES string of the molecule is CC(C)C[C@H](NC(=O)N1CCCCCC1)C(=O)N[C@@H](Cc1ccc(O)cc1)C(=O)OC(C)(C)C. The molecule has 3 amide bonds. The van der Waals surface area contributed by atoms with Gasteiger partial charge in [-0.25, -0.2) is 9.59 Å². The molecular weight excluding hydrogens is 434 g/mol. The molecule has 2 atom stereocenters. The van der Waals surface area contributed by atoms with Crippen molar-refractivity contribution in [3.8, 4) is 5.75 Å². The quantitative estimate of drug-likeness (QED) is 0.496. The molecule has 2 rings (SSSR count). The van der Waals surface area contributed by atoms with Crippen LogP contribution in [0.5, 0.6) is 5.75 Å². The largest absolute Gasteiger partial charge is 0.508 e. The molecule has 0 aliphatic carbocycles. The van der Waals surface area contributed by atoms with E-state index in [0.717, 1.165) is 31.2 Å². The van der Waals surface area contributed by atoms with Crippen molar-refractivity contribution in [2.24, 2.45) is 5.92 Å². The maximum absolute atomic E-state index is 13.3. The van der Waals surface area contributed by atoms with Crippen LogP contribution in [0.4, 0.5) is 4.79 Å². The second-order valence-electron chi connectivity index (χ2n) is 10.5. The van der Waals surface area contributed by atoms with Crippen LogP contribution in [0.1, 0.15) is 72.3 Å². The smallest absolute Gasteiger partial charge is 0.329 e. The summed E-state index contributed by atoms with van der Waals surface area (Å²) in [6, 6.07) is 4.53. The van der Waals surface area contributed by atoms with Gasteiger partial charge in [-0.2, -0.15) is 0 Å². The number of aromatic hydroxyl groups is 1. The number of benzene rings is 1. The van der Waals surface area contributed by atoms with Gasteiger partial charge in [0.25, 0.3) is 0 Å². The van der Waals surface area contributed by atoms with Crippen LogP contribution in [0.25, 0.3) is 0 Å². The molecule has 0 bridgehead atoms. The lowest BCUT2D eigenvalue weighted by Crippen LogP contribution is -2.55. The van der Waals surface area contributed by atoms with Crippen LogP contribution in [0.15, 0.2) is 24.3 Å². The third-order valence-electron chi connectivity index (χ3n) is 5.60. The molecule has 1 aliphatic heterocycles. The van der Waals surface area contributed by atoms with Gasteiger partial charge in [0.15, 0.2) is 0 Å². The van der Waals surface area contributed by atoms with Gasteiger partial charge in [0.1, 0.15) is 23.4 Å². The molecular formula is C26H41N3O5. The second kappa shape index (κ2) is 12.6. The molecule has 1 heterocycles. The van der Waals surface area contributed by atoms with E-state index in [1.807, 2.05) is 13.8 Å². The summed E-state index contributed by atoms with van der Waals surface area (Å²) in [5, 5.41) is 15.3. The molecule has 0 saturated carbocycles. The van der Waals surface area contributed by atoms with Crippen LogP contribution >= 0.6 is 0 Å². The predicted octanol–water partition coefficient (Wildman–Crippen LogP) is 3.76. The average molecular weight is 476 g/mol. The topological polar surface area (TPSA) is 108 Å². The molecule has 8 heteroatoms. The van der Waals surface area contributed by atoms with E-state index < -0.39 is 29.6 Å². The number of rotatable bonds is 8. The fraction of sp³-hybridized carbons (Fsp3) is 0.654. The Morgan fingerprint density at radius 1 is 0.971 bits per heavy atom. The molecule has 0 radical (unpaired) electrons. The van der Waals surface area contributed by atoms with E-state index in [0.29, 0.717) is 19.5 Å². The summed E-state index contributed by atoms with van der Waals surface area (Å²) < 4.78 is 5.55. The normalized spacial score (nSPS) is 16.4. The van der Waals surface area contributed by atoms with E-state index in [9.17, 15) is 19.5 Å². The van der Waals surface area contributed by atoms with Gasteiger partial charge in [-0.1, -0.05) is 38.8 Å². The standard InChI is InChI=1S/C26H41N3O5/c1-18(2)16-21(28-25(33)29-14-8-6-7-9-15-29)23(31)27-22(24(32)34-26(3,4)5)17-19-10-12-20(30)13-11-19/h10-13,18,21-22,30H,6-9,14-17H2,1-5H3,(H,27,31)(H,28,33)/t21-,22-/m0/s1. The van der Waals surface area contributed by atoms with E-state index in [1.54, 1.807) is 37.8 Å². The van der Waals surface area contributed by atoms with Crippen LogP contribution in [0.2, 0.25) is 0 Å². The van der Waals surface area contributed by atoms with Crippen LogP contribution < -0.4 is 10.6 Å². The summed E-state index contributed by atoms with van der Waals surface area (Å²) in [6.45, 7) is 10.7. The molecule has 34 heavy (non-hydrogen) atoms. The highest BCUT2D eigenvalue weighted by atomic mass is 16.6. The molecule has 1 aliphatic rings. The Balaban J connectivity index is 2.16. The van der Waals surface area contributed by atoms with Crippen LogP contribution in [0.3, 0.4) is 0 Å². The number of carbonyl (C=O) groups is 3. The number of likely N-dealkylation sites (tertiary alicyclic amines) is 1. The lowest BCUT2D eigenvalue weighted by Gasteiger charge is -2.28. The zero-order valence-electron chi connectivity index (χ0n) is 21.2. The van der Waals surface area contributed by atoms with E-state index in [4.69, 9.17) is 4.74 Å². The van der Waals surface area contributed by atoms with Crippen molar-refractivity contribution in [1.82, 2.24) is 15.5 Å². The van der Waals surface area contributed by atoms with Crippen LogP contribution in [-0.4, -0.2) is 58.7 Å². The third-order valence-corrected chi connectivity index (χ3v) is 5.60. The highest BCUT2D eigenvalue weighted by molar-refractivity contribution is 5.90. The van der Waals surface area contributed by atoms with Crippen LogP contribution in [-0.2, 0) is 20.7 Å². The minimum atomic E-state index is -0.930. The van der Waals surface area contributed by atoms with E-state index in [-0.39, 0.29) is 24.1 Å². The summed E-state index contributed by atoms with van der Waals surface area (Å²) in [5.74, 6) is -0.672. The van der Waals surface area contributed by atoms with E-state index in [1.165, 1.54) is 12.1 Å². The number of hydrogen-bond donors (Lipinski definition) is 3. The minimum absolute atomic E-state index is 0.120. The number of ether oxygens (including phenoxy) is 1. The van der Waals surface area contributed by atoms with Gasteiger partial charge < -0.3 is 25.4 Å². The molecule has 1 saturated heterocycles. The summed E-state index contributed by atoms with van der Waals surface area (Å²) in [4.78, 5) is 40.9. The Hall–Kier alpha value is -2.77. The molecule has 0 spiro atoms. The summed E-state index contributed by atoms with van der Waals surface area (Å²) in [7, 11) is 0. The van der Waals surface area contributed by atoms with Crippen molar-refractivity contribution in [3.05, 3.63) is 29.8 Å². The monoisotopic (exact) mass is 475 g/mol. The molecule has 1 fully saturated rings. The number of urea groups is 1. The number of amides is 3. The molecule has 0 unspecified atom stereocenters. The first-order valence-electron chi connectivity index (χ1n) is 12.3. The summed E-state index contributed by atoms with van der Waals surface area (Å²) in [5.41, 5.74) is 0.0517. The number of nitrogens with zero attached hydrogens (tertiary/aromatic N) is 1.